The molecule has 0 saturated carbocycles. The summed E-state index contributed by atoms with van der Waals surface area (Å²) in [6.07, 6.45) is 0.444. The van der Waals surface area contributed by atoms with E-state index in [4.69, 9.17) is 5.73 Å². The molecular formula is C10H16N2OS. The zero-order chi connectivity index (χ0) is 10.4. The van der Waals surface area contributed by atoms with Crippen LogP contribution in [0.3, 0.4) is 0 Å². The molecule has 78 valence electrons. The fraction of sp³-hybridized carbons (Fsp3) is 0.500. The summed E-state index contributed by atoms with van der Waals surface area (Å²) in [7, 11) is 0. The summed E-state index contributed by atoms with van der Waals surface area (Å²) in [5.74, 6) is -0.227. The van der Waals surface area contributed by atoms with E-state index in [9.17, 15) is 4.79 Å². The summed E-state index contributed by atoms with van der Waals surface area (Å²) in [5, 5.41) is 2.07. The minimum atomic E-state index is -0.227. The average Bonchev–Trinajstić information content (AvgIpc) is 2.64. The first-order valence-electron chi connectivity index (χ1n) is 4.75. The van der Waals surface area contributed by atoms with E-state index in [1.54, 1.807) is 11.3 Å². The van der Waals surface area contributed by atoms with Gasteiger partial charge in [-0.3, -0.25) is 9.69 Å². The molecule has 0 radical (unpaired) electrons. The van der Waals surface area contributed by atoms with Crippen molar-refractivity contribution in [3.05, 3.63) is 22.4 Å². The highest BCUT2D eigenvalue weighted by Gasteiger charge is 2.05. The molecule has 0 aliphatic carbocycles. The summed E-state index contributed by atoms with van der Waals surface area (Å²) in [5.41, 5.74) is 5.11. The van der Waals surface area contributed by atoms with E-state index in [0.29, 0.717) is 6.42 Å². The highest BCUT2D eigenvalue weighted by Crippen LogP contribution is 2.11. The van der Waals surface area contributed by atoms with Gasteiger partial charge in [-0.15, -0.1) is 11.3 Å². The van der Waals surface area contributed by atoms with E-state index >= 15 is 0 Å². The van der Waals surface area contributed by atoms with Crippen LogP contribution in [0, 0.1) is 0 Å². The predicted octanol–water partition coefficient (Wildman–Crippen LogP) is 1.45. The van der Waals surface area contributed by atoms with Crippen molar-refractivity contribution in [1.82, 2.24) is 4.90 Å². The van der Waals surface area contributed by atoms with Gasteiger partial charge in [0.05, 0.1) is 0 Å². The second-order valence-electron chi connectivity index (χ2n) is 3.16. The Hall–Kier alpha value is -0.870. The van der Waals surface area contributed by atoms with Crippen LogP contribution in [0.4, 0.5) is 0 Å². The largest absolute Gasteiger partial charge is 0.370 e. The van der Waals surface area contributed by atoms with Crippen molar-refractivity contribution in [2.45, 2.75) is 19.9 Å². The number of nitrogens with two attached hydrogens (primary N) is 1. The van der Waals surface area contributed by atoms with E-state index in [0.717, 1.165) is 19.6 Å². The molecular weight excluding hydrogens is 196 g/mol. The third kappa shape index (κ3) is 3.89. The third-order valence-corrected chi connectivity index (χ3v) is 2.94. The Morgan fingerprint density at radius 3 is 2.93 bits per heavy atom. The number of primary amides is 1. The first kappa shape index (κ1) is 11.2. The van der Waals surface area contributed by atoms with Crippen LogP contribution in [0.15, 0.2) is 17.5 Å². The van der Waals surface area contributed by atoms with Crippen molar-refractivity contribution in [2.24, 2.45) is 5.73 Å². The van der Waals surface area contributed by atoms with Gasteiger partial charge in [0.1, 0.15) is 0 Å². The molecule has 1 rings (SSSR count). The number of rotatable bonds is 6. The standard InChI is InChI=1S/C10H16N2OS/c1-2-12(6-5-10(11)13)8-9-4-3-7-14-9/h3-4,7H,2,5-6,8H2,1H3,(H2,11,13). The van der Waals surface area contributed by atoms with Crippen molar-refractivity contribution in [3.63, 3.8) is 0 Å². The number of thiophene rings is 1. The second-order valence-corrected chi connectivity index (χ2v) is 4.20. The Bertz CT molecular complexity index is 272. The Morgan fingerprint density at radius 1 is 1.64 bits per heavy atom. The Morgan fingerprint density at radius 2 is 2.43 bits per heavy atom. The smallest absolute Gasteiger partial charge is 0.218 e. The van der Waals surface area contributed by atoms with E-state index in [1.165, 1.54) is 4.88 Å². The highest BCUT2D eigenvalue weighted by molar-refractivity contribution is 7.09. The Balaban J connectivity index is 2.35. The van der Waals surface area contributed by atoms with Crippen molar-refractivity contribution in [2.75, 3.05) is 13.1 Å². The lowest BCUT2D eigenvalue weighted by Crippen LogP contribution is -2.27. The SMILES string of the molecule is CCN(CCC(N)=O)Cc1cccs1. The molecule has 0 aliphatic rings. The van der Waals surface area contributed by atoms with Gasteiger partial charge in [-0.25, -0.2) is 0 Å². The quantitative estimate of drug-likeness (QED) is 0.775. The Kier molecular flexibility index (Phi) is 4.62. The van der Waals surface area contributed by atoms with Crippen LogP contribution in [0.5, 0.6) is 0 Å². The number of carbonyl (C=O) groups is 1. The van der Waals surface area contributed by atoms with Crippen LogP contribution in [-0.4, -0.2) is 23.9 Å². The van der Waals surface area contributed by atoms with Crippen LogP contribution >= 0.6 is 11.3 Å². The van der Waals surface area contributed by atoms with Crippen LogP contribution in [0.2, 0.25) is 0 Å². The first-order valence-corrected chi connectivity index (χ1v) is 5.63. The number of hydrogen-bond acceptors (Lipinski definition) is 3. The summed E-state index contributed by atoms with van der Waals surface area (Å²) in [6.45, 7) is 4.71. The lowest BCUT2D eigenvalue weighted by atomic mass is 10.3. The average molecular weight is 212 g/mol. The van der Waals surface area contributed by atoms with Gasteiger partial charge in [0.15, 0.2) is 0 Å². The van der Waals surface area contributed by atoms with Crippen LogP contribution in [0.25, 0.3) is 0 Å². The van der Waals surface area contributed by atoms with Crippen LogP contribution in [-0.2, 0) is 11.3 Å². The molecule has 4 heteroatoms. The van der Waals surface area contributed by atoms with E-state index < -0.39 is 0 Å². The third-order valence-electron chi connectivity index (χ3n) is 2.08. The van der Waals surface area contributed by atoms with Crippen molar-refractivity contribution in [3.8, 4) is 0 Å². The normalized spacial score (nSPS) is 10.7. The molecule has 1 heterocycles. The number of nitrogens with zero attached hydrogens (tertiary/aromatic N) is 1. The maximum atomic E-state index is 10.6. The monoisotopic (exact) mass is 212 g/mol. The molecule has 0 bridgehead atoms. The maximum Gasteiger partial charge on any atom is 0.218 e. The van der Waals surface area contributed by atoms with Gasteiger partial charge < -0.3 is 5.73 Å². The lowest BCUT2D eigenvalue weighted by Gasteiger charge is -2.18. The van der Waals surface area contributed by atoms with E-state index in [2.05, 4.69) is 23.3 Å². The van der Waals surface area contributed by atoms with Crippen molar-refractivity contribution in [1.29, 1.82) is 0 Å². The summed E-state index contributed by atoms with van der Waals surface area (Å²) >= 11 is 1.74. The molecule has 1 aromatic heterocycles. The van der Waals surface area contributed by atoms with Gasteiger partial charge in [0, 0.05) is 24.4 Å². The summed E-state index contributed by atoms with van der Waals surface area (Å²) < 4.78 is 0. The number of amides is 1. The minimum Gasteiger partial charge on any atom is -0.370 e. The second kappa shape index (κ2) is 5.78. The van der Waals surface area contributed by atoms with Crippen molar-refractivity contribution >= 4 is 17.2 Å². The Labute approximate surface area is 88.5 Å². The zero-order valence-corrected chi connectivity index (χ0v) is 9.22. The van der Waals surface area contributed by atoms with E-state index in [1.807, 2.05) is 6.07 Å². The molecule has 3 nitrogen and oxygen atoms in total. The summed E-state index contributed by atoms with van der Waals surface area (Å²) in [6, 6.07) is 4.15. The van der Waals surface area contributed by atoms with Crippen molar-refractivity contribution < 1.29 is 4.79 Å². The molecule has 0 unspecified atom stereocenters. The molecule has 14 heavy (non-hydrogen) atoms. The molecule has 0 atom stereocenters. The maximum absolute atomic E-state index is 10.6. The molecule has 0 aliphatic heterocycles. The van der Waals surface area contributed by atoms with Gasteiger partial charge in [-0.05, 0) is 18.0 Å². The molecule has 2 N–H and O–H groups in total. The predicted molar refractivity (Wildman–Crippen MR) is 59.1 cm³/mol. The number of hydrogen-bond donors (Lipinski definition) is 1. The van der Waals surface area contributed by atoms with Crippen LogP contribution < -0.4 is 5.73 Å². The zero-order valence-electron chi connectivity index (χ0n) is 8.40. The van der Waals surface area contributed by atoms with Gasteiger partial charge in [-0.2, -0.15) is 0 Å². The molecule has 0 saturated heterocycles. The molecule has 0 spiro atoms. The van der Waals surface area contributed by atoms with Gasteiger partial charge >= 0.3 is 0 Å². The fourth-order valence-electron chi connectivity index (χ4n) is 1.24. The van der Waals surface area contributed by atoms with Gasteiger partial charge in [0.2, 0.25) is 5.91 Å². The molecule has 0 aromatic carbocycles. The number of carbonyl (C=O) groups excluding carboxylic acids is 1. The topological polar surface area (TPSA) is 46.3 Å². The first-order chi connectivity index (χ1) is 6.72. The summed E-state index contributed by atoms with van der Waals surface area (Å²) in [4.78, 5) is 14.2. The van der Waals surface area contributed by atoms with E-state index in [-0.39, 0.29) is 5.91 Å². The molecule has 1 aromatic rings. The lowest BCUT2D eigenvalue weighted by molar-refractivity contribution is -0.118. The fourth-order valence-corrected chi connectivity index (χ4v) is 1.99. The van der Waals surface area contributed by atoms with Gasteiger partial charge in [0.25, 0.3) is 0 Å². The molecule has 0 fully saturated rings. The minimum absolute atomic E-state index is 0.227. The van der Waals surface area contributed by atoms with Gasteiger partial charge in [-0.1, -0.05) is 13.0 Å². The molecule has 1 amide bonds. The highest BCUT2D eigenvalue weighted by atomic mass is 32.1. The van der Waals surface area contributed by atoms with Crippen LogP contribution in [0.1, 0.15) is 18.2 Å².